The van der Waals surface area contributed by atoms with Crippen LogP contribution in [0.3, 0.4) is 0 Å². The minimum absolute atomic E-state index is 0.867. The van der Waals surface area contributed by atoms with Crippen molar-refractivity contribution in [2.45, 2.75) is 6.92 Å². The Bertz CT molecular complexity index is 1250. The minimum atomic E-state index is 0.867. The molecule has 0 fully saturated rings. The van der Waals surface area contributed by atoms with Gasteiger partial charge in [-0.2, -0.15) is 0 Å². The molecule has 0 spiro atoms. The monoisotopic (exact) mass is 336 g/mol. The smallest absolute Gasteiger partial charge is 0.139 e. The number of imidazole rings is 1. The summed E-state index contributed by atoms with van der Waals surface area (Å²) in [4.78, 5) is 13.8. The Morgan fingerprint density at radius 1 is 0.846 bits per heavy atom. The van der Waals surface area contributed by atoms with Crippen LogP contribution in [0, 0.1) is 6.92 Å². The molecule has 0 aliphatic rings. The Morgan fingerprint density at radius 2 is 1.77 bits per heavy atom. The van der Waals surface area contributed by atoms with Crippen LogP contribution in [-0.2, 0) is 0 Å². The number of aryl methyl sites for hydroxylation is 1. The lowest BCUT2D eigenvalue weighted by Gasteiger charge is -2.08. The molecular formula is C22H16N4. The summed E-state index contributed by atoms with van der Waals surface area (Å²) < 4.78 is 2.04. The summed E-state index contributed by atoms with van der Waals surface area (Å²) in [5, 5.41) is 1.13. The normalized spacial score (nSPS) is 11.3. The molecule has 0 bridgehead atoms. The lowest BCUT2D eigenvalue weighted by Crippen LogP contribution is -1.96. The fourth-order valence-corrected chi connectivity index (χ4v) is 3.37. The lowest BCUT2D eigenvalue weighted by molar-refractivity contribution is 1.04. The molecule has 26 heavy (non-hydrogen) atoms. The van der Waals surface area contributed by atoms with Crippen LogP contribution in [0.1, 0.15) is 5.56 Å². The van der Waals surface area contributed by atoms with Gasteiger partial charge in [0.2, 0.25) is 0 Å². The van der Waals surface area contributed by atoms with Crippen molar-refractivity contribution in [3.8, 4) is 16.9 Å². The zero-order valence-electron chi connectivity index (χ0n) is 14.3. The highest BCUT2D eigenvalue weighted by Crippen LogP contribution is 2.30. The first kappa shape index (κ1) is 14.8. The molecule has 4 nitrogen and oxygen atoms in total. The van der Waals surface area contributed by atoms with E-state index in [0.717, 1.165) is 38.9 Å². The van der Waals surface area contributed by atoms with Gasteiger partial charge in [0.1, 0.15) is 12.1 Å². The van der Waals surface area contributed by atoms with Gasteiger partial charge in [0.05, 0.1) is 16.6 Å². The maximum absolute atomic E-state index is 4.80. The van der Waals surface area contributed by atoms with E-state index in [-0.39, 0.29) is 0 Å². The molecule has 5 rings (SSSR count). The SMILES string of the molecule is Cc1ccncc1-c1cccc2c1ncn2-c1ccc2ccccc2n1. The molecule has 0 atom stereocenters. The highest BCUT2D eigenvalue weighted by atomic mass is 15.1. The first-order chi connectivity index (χ1) is 12.8. The number of rotatable bonds is 2. The lowest BCUT2D eigenvalue weighted by atomic mass is 10.0. The maximum Gasteiger partial charge on any atom is 0.139 e. The van der Waals surface area contributed by atoms with Crippen LogP contribution in [0.25, 0.3) is 38.9 Å². The minimum Gasteiger partial charge on any atom is -0.283 e. The zero-order valence-corrected chi connectivity index (χ0v) is 14.3. The number of fused-ring (bicyclic) bond motifs is 2. The van der Waals surface area contributed by atoms with Crippen LogP contribution < -0.4 is 0 Å². The van der Waals surface area contributed by atoms with Gasteiger partial charge in [-0.1, -0.05) is 30.3 Å². The van der Waals surface area contributed by atoms with E-state index in [4.69, 9.17) is 4.98 Å². The van der Waals surface area contributed by atoms with Crippen molar-refractivity contribution in [2.75, 3.05) is 0 Å². The van der Waals surface area contributed by atoms with Gasteiger partial charge in [0.15, 0.2) is 0 Å². The van der Waals surface area contributed by atoms with Crippen LogP contribution in [0.2, 0.25) is 0 Å². The van der Waals surface area contributed by atoms with Gasteiger partial charge in [0, 0.05) is 28.9 Å². The average Bonchev–Trinajstić information content (AvgIpc) is 3.12. The second-order valence-electron chi connectivity index (χ2n) is 6.34. The number of pyridine rings is 2. The van der Waals surface area contributed by atoms with Crippen molar-refractivity contribution >= 4 is 21.9 Å². The summed E-state index contributed by atoms with van der Waals surface area (Å²) in [7, 11) is 0. The highest BCUT2D eigenvalue weighted by molar-refractivity contribution is 5.93. The molecule has 0 unspecified atom stereocenters. The molecule has 0 saturated heterocycles. The summed E-state index contributed by atoms with van der Waals surface area (Å²) in [6.07, 6.45) is 5.56. The molecule has 0 N–H and O–H groups in total. The van der Waals surface area contributed by atoms with Gasteiger partial charge in [-0.15, -0.1) is 0 Å². The number of aromatic nitrogens is 4. The molecule has 3 aromatic heterocycles. The molecular weight excluding hydrogens is 320 g/mol. The second kappa shape index (κ2) is 5.77. The van der Waals surface area contributed by atoms with Crippen LogP contribution in [0.4, 0.5) is 0 Å². The predicted octanol–water partition coefficient (Wildman–Crippen LogP) is 4.94. The average molecular weight is 336 g/mol. The van der Waals surface area contributed by atoms with Crippen molar-refractivity contribution in [1.29, 1.82) is 0 Å². The number of nitrogens with zero attached hydrogens (tertiary/aromatic N) is 4. The van der Waals surface area contributed by atoms with E-state index in [2.05, 4.69) is 47.2 Å². The van der Waals surface area contributed by atoms with E-state index >= 15 is 0 Å². The van der Waals surface area contributed by atoms with Crippen LogP contribution in [0.5, 0.6) is 0 Å². The van der Waals surface area contributed by atoms with E-state index in [0.29, 0.717) is 0 Å². The third kappa shape index (κ3) is 2.27. The van der Waals surface area contributed by atoms with E-state index < -0.39 is 0 Å². The predicted molar refractivity (Wildman–Crippen MR) is 104 cm³/mol. The van der Waals surface area contributed by atoms with Crippen molar-refractivity contribution in [3.05, 3.63) is 84.9 Å². The van der Waals surface area contributed by atoms with Gasteiger partial charge >= 0.3 is 0 Å². The quantitative estimate of drug-likeness (QED) is 0.458. The second-order valence-corrected chi connectivity index (χ2v) is 6.34. The Labute approximate surface area is 150 Å². The van der Waals surface area contributed by atoms with Crippen molar-refractivity contribution in [2.24, 2.45) is 0 Å². The van der Waals surface area contributed by atoms with Gasteiger partial charge in [-0.25, -0.2) is 9.97 Å². The van der Waals surface area contributed by atoms with E-state index in [9.17, 15) is 0 Å². The molecule has 0 saturated carbocycles. The summed E-state index contributed by atoms with van der Waals surface area (Å²) in [6, 6.07) is 20.5. The van der Waals surface area contributed by atoms with E-state index in [1.807, 2.05) is 53.6 Å². The molecule has 4 heteroatoms. The molecule has 5 aromatic rings. The Hall–Kier alpha value is -3.53. The van der Waals surface area contributed by atoms with Crippen molar-refractivity contribution < 1.29 is 0 Å². The summed E-state index contributed by atoms with van der Waals surface area (Å²) in [5.41, 5.74) is 6.35. The van der Waals surface area contributed by atoms with Crippen molar-refractivity contribution in [1.82, 2.24) is 19.5 Å². The number of para-hydroxylation sites is 2. The summed E-state index contributed by atoms with van der Waals surface area (Å²) in [6.45, 7) is 2.09. The number of hydrogen-bond donors (Lipinski definition) is 0. The van der Waals surface area contributed by atoms with Gasteiger partial charge < -0.3 is 0 Å². The van der Waals surface area contributed by atoms with Crippen molar-refractivity contribution in [3.63, 3.8) is 0 Å². The van der Waals surface area contributed by atoms with Gasteiger partial charge in [0.25, 0.3) is 0 Å². The Morgan fingerprint density at radius 3 is 2.69 bits per heavy atom. The maximum atomic E-state index is 4.80. The summed E-state index contributed by atoms with van der Waals surface area (Å²) >= 11 is 0. The van der Waals surface area contributed by atoms with Gasteiger partial charge in [-0.05, 0) is 42.8 Å². The standard InChI is InChI=1S/C22H16N4/c1-15-11-12-23-13-18(15)17-6-4-8-20-22(17)24-14-26(20)21-10-9-16-5-2-3-7-19(16)25-21/h2-14H,1H3. The molecule has 0 amide bonds. The molecule has 0 aliphatic carbocycles. The Kier molecular flexibility index (Phi) is 3.28. The molecule has 124 valence electrons. The molecule has 2 aromatic carbocycles. The molecule has 0 aliphatic heterocycles. The molecule has 0 radical (unpaired) electrons. The third-order valence-corrected chi connectivity index (χ3v) is 4.74. The topological polar surface area (TPSA) is 43.6 Å². The third-order valence-electron chi connectivity index (χ3n) is 4.74. The number of hydrogen-bond acceptors (Lipinski definition) is 3. The van der Waals surface area contributed by atoms with E-state index in [1.54, 1.807) is 0 Å². The fourth-order valence-electron chi connectivity index (χ4n) is 3.37. The Balaban J connectivity index is 1.73. The molecule has 3 heterocycles. The zero-order chi connectivity index (χ0) is 17.5. The first-order valence-corrected chi connectivity index (χ1v) is 8.54. The van der Waals surface area contributed by atoms with Crippen LogP contribution in [-0.4, -0.2) is 19.5 Å². The van der Waals surface area contributed by atoms with Gasteiger partial charge in [-0.3, -0.25) is 9.55 Å². The first-order valence-electron chi connectivity index (χ1n) is 8.54. The fraction of sp³-hybridized carbons (Fsp3) is 0.0455. The van der Waals surface area contributed by atoms with Crippen LogP contribution in [0.15, 0.2) is 79.4 Å². The largest absolute Gasteiger partial charge is 0.283 e. The van der Waals surface area contributed by atoms with E-state index in [1.165, 1.54) is 5.56 Å². The highest BCUT2D eigenvalue weighted by Gasteiger charge is 2.12. The summed E-state index contributed by atoms with van der Waals surface area (Å²) in [5.74, 6) is 0.867. The number of benzene rings is 2. The van der Waals surface area contributed by atoms with Crippen LogP contribution >= 0.6 is 0 Å².